The molecule has 0 aromatic carbocycles. The highest BCUT2D eigenvalue weighted by molar-refractivity contribution is 5.81. The van der Waals surface area contributed by atoms with E-state index < -0.39 is 0 Å². The number of esters is 1. The van der Waals surface area contributed by atoms with Gasteiger partial charge in [0.05, 0.1) is 18.8 Å². The predicted molar refractivity (Wildman–Crippen MR) is 96.1 cm³/mol. The molecule has 0 bridgehead atoms. The SMILES string of the molecule is CC#CCn1ccc2cnc(N/C(C=N)=C/NCC(=O)OCC)nc21. The van der Waals surface area contributed by atoms with Gasteiger partial charge in [0.25, 0.3) is 0 Å². The normalized spacial score (nSPS) is 10.7. The van der Waals surface area contributed by atoms with Crippen molar-refractivity contribution in [3.63, 3.8) is 0 Å². The van der Waals surface area contributed by atoms with Gasteiger partial charge >= 0.3 is 5.97 Å². The minimum Gasteiger partial charge on any atom is -0.465 e. The number of anilines is 1. The molecule has 2 rings (SSSR count). The highest BCUT2D eigenvalue weighted by Crippen LogP contribution is 2.14. The number of allylic oxidation sites excluding steroid dienone is 1. The van der Waals surface area contributed by atoms with Crippen LogP contribution in [0.3, 0.4) is 0 Å². The average molecular weight is 340 g/mol. The molecule has 8 nitrogen and oxygen atoms in total. The third kappa shape index (κ3) is 5.07. The van der Waals surface area contributed by atoms with Gasteiger partial charge in [-0.1, -0.05) is 5.92 Å². The summed E-state index contributed by atoms with van der Waals surface area (Å²) in [6, 6.07) is 1.92. The van der Waals surface area contributed by atoms with Crippen LogP contribution in [0, 0.1) is 17.3 Å². The zero-order valence-corrected chi connectivity index (χ0v) is 14.2. The molecule has 0 aliphatic rings. The van der Waals surface area contributed by atoms with Crippen molar-refractivity contribution in [1.82, 2.24) is 19.9 Å². The average Bonchev–Trinajstić information content (AvgIpc) is 3.01. The highest BCUT2D eigenvalue weighted by atomic mass is 16.5. The van der Waals surface area contributed by atoms with Crippen molar-refractivity contribution in [2.75, 3.05) is 18.5 Å². The number of hydrogen-bond donors (Lipinski definition) is 3. The van der Waals surface area contributed by atoms with Crippen LogP contribution in [0.2, 0.25) is 0 Å². The first kappa shape index (κ1) is 18.0. The third-order valence-corrected chi connectivity index (χ3v) is 3.15. The van der Waals surface area contributed by atoms with Crippen molar-refractivity contribution >= 4 is 29.2 Å². The lowest BCUT2D eigenvalue weighted by molar-refractivity contribution is -0.141. The second kappa shape index (κ2) is 9.08. The molecule has 2 aromatic rings. The maximum atomic E-state index is 11.3. The summed E-state index contributed by atoms with van der Waals surface area (Å²) in [6.07, 6.45) is 6.21. The van der Waals surface area contributed by atoms with Crippen LogP contribution < -0.4 is 10.6 Å². The first-order valence-electron chi connectivity index (χ1n) is 7.76. The topological polar surface area (TPSA) is 105 Å². The lowest BCUT2D eigenvalue weighted by Crippen LogP contribution is -2.21. The molecule has 25 heavy (non-hydrogen) atoms. The lowest BCUT2D eigenvalue weighted by Gasteiger charge is -2.07. The molecule has 0 saturated heterocycles. The Hall–Kier alpha value is -3.34. The van der Waals surface area contributed by atoms with Crippen molar-refractivity contribution in [3.05, 3.63) is 30.4 Å². The Bertz CT molecular complexity index is 844. The van der Waals surface area contributed by atoms with Crippen molar-refractivity contribution in [2.45, 2.75) is 20.4 Å². The van der Waals surface area contributed by atoms with Gasteiger partial charge in [-0.25, -0.2) is 4.98 Å². The third-order valence-electron chi connectivity index (χ3n) is 3.15. The fourth-order valence-electron chi connectivity index (χ4n) is 2.02. The maximum absolute atomic E-state index is 11.3. The lowest BCUT2D eigenvalue weighted by atomic mass is 10.4. The first-order chi connectivity index (χ1) is 12.2. The smallest absolute Gasteiger partial charge is 0.325 e. The van der Waals surface area contributed by atoms with Crippen LogP contribution >= 0.6 is 0 Å². The van der Waals surface area contributed by atoms with E-state index in [1.165, 1.54) is 6.20 Å². The van der Waals surface area contributed by atoms with E-state index >= 15 is 0 Å². The molecule has 0 amide bonds. The number of aromatic nitrogens is 3. The number of nitrogens with zero attached hydrogens (tertiary/aromatic N) is 3. The summed E-state index contributed by atoms with van der Waals surface area (Å²) in [6.45, 7) is 4.43. The largest absolute Gasteiger partial charge is 0.465 e. The standard InChI is InChI=1S/C17H20N6O2/c1-3-5-7-23-8-6-13-10-20-17(22-16(13)23)21-14(9-18)11-19-12-15(24)25-4-2/h6,8-11,18-19H,4,7,12H2,1-2H3,(H,20,21,22)/b14-11+,18-9?. The van der Waals surface area contributed by atoms with Gasteiger partial charge in [0.1, 0.15) is 12.2 Å². The molecular weight excluding hydrogens is 320 g/mol. The van der Waals surface area contributed by atoms with Crippen molar-refractivity contribution in [3.8, 4) is 11.8 Å². The van der Waals surface area contributed by atoms with E-state index in [-0.39, 0.29) is 12.5 Å². The minimum absolute atomic E-state index is 0.0191. The van der Waals surface area contributed by atoms with Gasteiger partial charge < -0.3 is 25.3 Å². The minimum atomic E-state index is -0.365. The van der Waals surface area contributed by atoms with Crippen LogP contribution in [0.5, 0.6) is 0 Å². The van der Waals surface area contributed by atoms with E-state index in [9.17, 15) is 4.79 Å². The number of nitrogens with one attached hydrogen (secondary N) is 3. The first-order valence-corrected chi connectivity index (χ1v) is 7.76. The summed E-state index contributed by atoms with van der Waals surface area (Å²) in [4.78, 5) is 20.0. The van der Waals surface area contributed by atoms with Crippen molar-refractivity contribution < 1.29 is 9.53 Å². The number of rotatable bonds is 8. The fourth-order valence-corrected chi connectivity index (χ4v) is 2.02. The van der Waals surface area contributed by atoms with Gasteiger partial charge in [-0.3, -0.25) is 4.79 Å². The van der Waals surface area contributed by atoms with Crippen LogP contribution in [0.15, 0.2) is 30.4 Å². The summed E-state index contributed by atoms with van der Waals surface area (Å²) < 4.78 is 6.74. The van der Waals surface area contributed by atoms with E-state index in [4.69, 9.17) is 10.1 Å². The van der Waals surface area contributed by atoms with E-state index in [1.807, 2.05) is 16.8 Å². The van der Waals surface area contributed by atoms with E-state index in [0.29, 0.717) is 24.8 Å². The summed E-state index contributed by atoms with van der Waals surface area (Å²) in [5, 5.41) is 14.1. The maximum Gasteiger partial charge on any atom is 0.325 e. The van der Waals surface area contributed by atoms with Crippen LogP contribution in [0.4, 0.5) is 5.95 Å². The number of fused-ring (bicyclic) bond motifs is 1. The Morgan fingerprint density at radius 2 is 2.36 bits per heavy atom. The number of ether oxygens (including phenoxy) is 1. The Morgan fingerprint density at radius 3 is 3.08 bits per heavy atom. The number of hydrogen-bond acceptors (Lipinski definition) is 7. The molecule has 2 heterocycles. The van der Waals surface area contributed by atoms with E-state index in [1.54, 1.807) is 20.0 Å². The van der Waals surface area contributed by atoms with Crippen molar-refractivity contribution in [2.24, 2.45) is 0 Å². The Morgan fingerprint density at radius 1 is 1.52 bits per heavy atom. The Kier molecular flexibility index (Phi) is 6.54. The van der Waals surface area contributed by atoms with Gasteiger partial charge in [-0.2, -0.15) is 4.98 Å². The molecule has 0 atom stereocenters. The van der Waals surface area contributed by atoms with E-state index in [0.717, 1.165) is 17.2 Å². The van der Waals surface area contributed by atoms with E-state index in [2.05, 4.69) is 32.4 Å². The molecule has 8 heteroatoms. The second-order valence-corrected chi connectivity index (χ2v) is 4.90. The van der Waals surface area contributed by atoms with Gasteiger partial charge in [0, 0.05) is 30.2 Å². The fraction of sp³-hybridized carbons (Fsp3) is 0.294. The molecule has 0 aliphatic heterocycles. The van der Waals surface area contributed by atoms with Gasteiger partial charge in [0.15, 0.2) is 0 Å². The zero-order chi connectivity index (χ0) is 18.1. The molecule has 2 aromatic heterocycles. The summed E-state index contributed by atoms with van der Waals surface area (Å²) in [7, 11) is 0. The van der Waals surface area contributed by atoms with Gasteiger partial charge in [-0.15, -0.1) is 5.92 Å². The molecular formula is C17H20N6O2. The number of carbonyl (C=O) groups excluding carboxylic acids is 1. The second-order valence-electron chi connectivity index (χ2n) is 4.90. The number of carbonyl (C=O) groups is 1. The van der Waals surface area contributed by atoms with Crippen molar-refractivity contribution in [1.29, 1.82) is 5.41 Å². The summed E-state index contributed by atoms with van der Waals surface area (Å²) in [5.41, 5.74) is 1.17. The Labute approximate surface area is 145 Å². The molecule has 3 N–H and O–H groups in total. The van der Waals surface area contributed by atoms with Gasteiger partial charge in [-0.05, 0) is 19.9 Å². The molecule has 0 saturated carbocycles. The van der Waals surface area contributed by atoms with Crippen LogP contribution in [-0.2, 0) is 16.1 Å². The highest BCUT2D eigenvalue weighted by Gasteiger charge is 2.06. The van der Waals surface area contributed by atoms with Gasteiger partial charge in [0.2, 0.25) is 5.95 Å². The van der Waals surface area contributed by atoms with Crippen LogP contribution in [0.25, 0.3) is 11.0 Å². The molecule has 0 unspecified atom stereocenters. The zero-order valence-electron chi connectivity index (χ0n) is 14.2. The molecule has 130 valence electrons. The van der Waals surface area contributed by atoms with Crippen LogP contribution in [-0.4, -0.2) is 39.9 Å². The molecule has 0 aliphatic carbocycles. The molecule has 0 radical (unpaired) electrons. The predicted octanol–water partition coefficient (Wildman–Crippen LogP) is 1.51. The molecule has 0 spiro atoms. The quantitative estimate of drug-likeness (QED) is 0.382. The van der Waals surface area contributed by atoms with Crippen LogP contribution in [0.1, 0.15) is 13.8 Å². The summed E-state index contributed by atoms with van der Waals surface area (Å²) >= 11 is 0. The molecule has 0 fully saturated rings. The Balaban J connectivity index is 2.09. The monoisotopic (exact) mass is 340 g/mol. The summed E-state index contributed by atoms with van der Waals surface area (Å²) in [5.74, 6) is 5.83.